The van der Waals surface area contributed by atoms with Crippen molar-refractivity contribution >= 4 is 12.0 Å². The third-order valence-electron chi connectivity index (χ3n) is 2.98. The zero-order valence-electron chi connectivity index (χ0n) is 11.8. The zero-order valence-corrected chi connectivity index (χ0v) is 11.8. The molecule has 2 atom stereocenters. The Labute approximate surface area is 109 Å². The van der Waals surface area contributed by atoms with Gasteiger partial charge in [-0.15, -0.1) is 0 Å². The average molecular weight is 258 g/mol. The predicted molar refractivity (Wildman–Crippen MR) is 71.5 cm³/mol. The molecule has 0 aromatic carbocycles. The second kappa shape index (κ2) is 8.78. The predicted octanol–water partition coefficient (Wildman–Crippen LogP) is 2.36. The molecule has 0 aliphatic carbocycles. The van der Waals surface area contributed by atoms with Crippen LogP contribution in [0.25, 0.3) is 0 Å². The fourth-order valence-corrected chi connectivity index (χ4v) is 1.76. The van der Waals surface area contributed by atoms with Gasteiger partial charge in [-0.1, -0.05) is 34.1 Å². The molecule has 0 aliphatic heterocycles. The van der Waals surface area contributed by atoms with Crippen LogP contribution in [-0.2, 0) is 4.79 Å². The second-order valence-corrected chi connectivity index (χ2v) is 4.96. The summed E-state index contributed by atoms with van der Waals surface area (Å²) in [5.74, 6) is -0.798. The van der Waals surface area contributed by atoms with Crippen LogP contribution in [0.5, 0.6) is 0 Å². The van der Waals surface area contributed by atoms with Gasteiger partial charge in [0.1, 0.15) is 0 Å². The van der Waals surface area contributed by atoms with E-state index in [0.717, 1.165) is 19.3 Å². The number of nitrogens with one attached hydrogen (secondary N) is 2. The van der Waals surface area contributed by atoms with Crippen molar-refractivity contribution in [3.05, 3.63) is 0 Å². The van der Waals surface area contributed by atoms with Crippen molar-refractivity contribution in [2.45, 2.75) is 65.5 Å². The van der Waals surface area contributed by atoms with Crippen LogP contribution < -0.4 is 10.6 Å². The lowest BCUT2D eigenvalue weighted by Gasteiger charge is -2.23. The molecule has 0 aromatic heterocycles. The van der Waals surface area contributed by atoms with Gasteiger partial charge in [-0.2, -0.15) is 0 Å². The summed E-state index contributed by atoms with van der Waals surface area (Å²) in [6, 6.07) is -0.440. The van der Waals surface area contributed by atoms with E-state index in [-0.39, 0.29) is 30.5 Å². The lowest BCUT2D eigenvalue weighted by molar-refractivity contribution is -0.137. The highest BCUT2D eigenvalue weighted by molar-refractivity contribution is 5.76. The Morgan fingerprint density at radius 2 is 1.78 bits per heavy atom. The first-order valence-corrected chi connectivity index (χ1v) is 6.69. The van der Waals surface area contributed by atoms with E-state index in [9.17, 15) is 9.59 Å². The maximum absolute atomic E-state index is 11.8. The molecule has 5 heteroatoms. The molecule has 18 heavy (non-hydrogen) atoms. The molecule has 0 saturated carbocycles. The molecule has 5 nitrogen and oxygen atoms in total. The van der Waals surface area contributed by atoms with Crippen molar-refractivity contribution in [2.24, 2.45) is 5.92 Å². The van der Waals surface area contributed by atoms with Crippen LogP contribution in [0.3, 0.4) is 0 Å². The summed E-state index contributed by atoms with van der Waals surface area (Å²) in [5.41, 5.74) is 0. The minimum atomic E-state index is -0.894. The number of carbonyl (C=O) groups is 2. The summed E-state index contributed by atoms with van der Waals surface area (Å²) in [7, 11) is 0. The van der Waals surface area contributed by atoms with Gasteiger partial charge in [-0.05, 0) is 18.8 Å². The van der Waals surface area contributed by atoms with E-state index in [2.05, 4.69) is 17.6 Å². The standard InChI is InChI=1S/C13H26N2O3/c1-5-7-10(6-2)14-13(18)15-11(9(3)4)8-12(16)17/h9-11H,5-8H2,1-4H3,(H,16,17)(H2,14,15,18). The molecule has 0 aromatic rings. The van der Waals surface area contributed by atoms with E-state index in [1.54, 1.807) is 0 Å². The molecule has 106 valence electrons. The Kier molecular flexibility index (Phi) is 8.16. The molecule has 0 radical (unpaired) electrons. The SMILES string of the molecule is CCCC(CC)NC(=O)NC(CC(=O)O)C(C)C. The summed E-state index contributed by atoms with van der Waals surface area (Å²) in [6.07, 6.45) is 2.79. The van der Waals surface area contributed by atoms with Gasteiger partial charge in [-0.3, -0.25) is 4.79 Å². The van der Waals surface area contributed by atoms with Gasteiger partial charge < -0.3 is 15.7 Å². The Morgan fingerprint density at radius 3 is 2.17 bits per heavy atom. The fourth-order valence-electron chi connectivity index (χ4n) is 1.76. The monoisotopic (exact) mass is 258 g/mol. The number of carboxylic acids is 1. The molecule has 0 bridgehead atoms. The van der Waals surface area contributed by atoms with Crippen LogP contribution in [0.2, 0.25) is 0 Å². The fraction of sp³-hybridized carbons (Fsp3) is 0.846. The average Bonchev–Trinajstić information content (AvgIpc) is 2.26. The summed E-state index contributed by atoms with van der Waals surface area (Å²) < 4.78 is 0. The molecule has 0 spiro atoms. The van der Waals surface area contributed by atoms with Gasteiger partial charge in [0.2, 0.25) is 0 Å². The van der Waals surface area contributed by atoms with Gasteiger partial charge in [0, 0.05) is 12.1 Å². The Morgan fingerprint density at radius 1 is 1.17 bits per heavy atom. The molecule has 0 rings (SSSR count). The molecule has 0 saturated heterocycles. The number of hydrogen-bond donors (Lipinski definition) is 3. The summed E-state index contributed by atoms with van der Waals surface area (Å²) in [4.78, 5) is 22.5. The van der Waals surface area contributed by atoms with Gasteiger partial charge in [0.25, 0.3) is 0 Å². The quantitative estimate of drug-likeness (QED) is 0.625. The second-order valence-electron chi connectivity index (χ2n) is 4.96. The highest BCUT2D eigenvalue weighted by Crippen LogP contribution is 2.06. The molecular weight excluding hydrogens is 232 g/mol. The molecule has 0 aliphatic rings. The molecule has 0 heterocycles. The molecule has 2 unspecified atom stereocenters. The van der Waals surface area contributed by atoms with Crippen molar-refractivity contribution in [3.63, 3.8) is 0 Å². The summed E-state index contributed by atoms with van der Waals surface area (Å²) >= 11 is 0. The van der Waals surface area contributed by atoms with Crippen molar-refractivity contribution < 1.29 is 14.7 Å². The van der Waals surface area contributed by atoms with Crippen LogP contribution in [0, 0.1) is 5.92 Å². The van der Waals surface area contributed by atoms with E-state index in [0.29, 0.717) is 0 Å². The van der Waals surface area contributed by atoms with Crippen molar-refractivity contribution in [1.82, 2.24) is 10.6 Å². The third kappa shape index (κ3) is 7.14. The number of carboxylic acid groups (broad SMARTS) is 1. The third-order valence-corrected chi connectivity index (χ3v) is 2.98. The number of amides is 2. The first-order valence-electron chi connectivity index (χ1n) is 6.69. The van der Waals surface area contributed by atoms with Crippen molar-refractivity contribution in [1.29, 1.82) is 0 Å². The van der Waals surface area contributed by atoms with Crippen LogP contribution in [0.4, 0.5) is 4.79 Å². The van der Waals surface area contributed by atoms with E-state index in [1.807, 2.05) is 20.8 Å². The minimum absolute atomic E-state index is 0.0460. The minimum Gasteiger partial charge on any atom is -0.481 e. The van der Waals surface area contributed by atoms with Crippen LogP contribution in [0.1, 0.15) is 53.4 Å². The number of urea groups is 1. The number of rotatable bonds is 8. The van der Waals surface area contributed by atoms with Crippen LogP contribution >= 0.6 is 0 Å². The highest BCUT2D eigenvalue weighted by Gasteiger charge is 2.20. The molecular formula is C13H26N2O3. The number of aliphatic carboxylic acids is 1. The van der Waals surface area contributed by atoms with E-state index >= 15 is 0 Å². The summed E-state index contributed by atoms with van der Waals surface area (Å²) in [5, 5.41) is 14.4. The lowest BCUT2D eigenvalue weighted by Crippen LogP contribution is -2.48. The Bertz CT molecular complexity index is 267. The first-order chi connectivity index (χ1) is 8.40. The normalized spacial score (nSPS) is 14.1. The first kappa shape index (κ1) is 16.7. The van der Waals surface area contributed by atoms with Gasteiger partial charge >= 0.3 is 12.0 Å². The lowest BCUT2D eigenvalue weighted by atomic mass is 10.0. The van der Waals surface area contributed by atoms with E-state index in [1.165, 1.54) is 0 Å². The van der Waals surface area contributed by atoms with Gasteiger partial charge in [0.15, 0.2) is 0 Å². The topological polar surface area (TPSA) is 78.4 Å². The Balaban J connectivity index is 4.28. The van der Waals surface area contributed by atoms with E-state index in [4.69, 9.17) is 5.11 Å². The molecule has 3 N–H and O–H groups in total. The highest BCUT2D eigenvalue weighted by atomic mass is 16.4. The van der Waals surface area contributed by atoms with Crippen molar-refractivity contribution in [2.75, 3.05) is 0 Å². The van der Waals surface area contributed by atoms with Crippen LogP contribution in [-0.4, -0.2) is 29.2 Å². The number of carbonyl (C=O) groups excluding carboxylic acids is 1. The molecule has 2 amide bonds. The summed E-state index contributed by atoms with van der Waals surface area (Å²) in [6.45, 7) is 7.90. The Hall–Kier alpha value is -1.26. The van der Waals surface area contributed by atoms with Crippen molar-refractivity contribution in [3.8, 4) is 0 Å². The maximum atomic E-state index is 11.8. The smallest absolute Gasteiger partial charge is 0.315 e. The van der Waals surface area contributed by atoms with Crippen LogP contribution in [0.15, 0.2) is 0 Å². The van der Waals surface area contributed by atoms with Gasteiger partial charge in [-0.25, -0.2) is 4.79 Å². The largest absolute Gasteiger partial charge is 0.481 e. The zero-order chi connectivity index (χ0) is 14.1. The maximum Gasteiger partial charge on any atom is 0.315 e. The number of hydrogen-bond acceptors (Lipinski definition) is 2. The molecule has 0 fully saturated rings. The van der Waals surface area contributed by atoms with Gasteiger partial charge in [0.05, 0.1) is 6.42 Å². The van der Waals surface area contributed by atoms with E-state index < -0.39 is 5.97 Å².